The number of nitrogens with one attached hydrogen (secondary N) is 1. The number of carbonyl (C=O) groups excluding carboxylic acids is 3. The minimum absolute atomic E-state index is 0.00631. The van der Waals surface area contributed by atoms with Gasteiger partial charge in [0.15, 0.2) is 23.2 Å². The summed E-state index contributed by atoms with van der Waals surface area (Å²) < 4.78 is 10.8. The van der Waals surface area contributed by atoms with Gasteiger partial charge >= 0.3 is 0 Å². The number of carbonyl (C=O) groups is 3. The molecule has 1 aliphatic heterocycles. The maximum atomic E-state index is 13.7. The van der Waals surface area contributed by atoms with Crippen LogP contribution in [-0.4, -0.2) is 44.2 Å². The molecule has 1 aromatic carbocycles. The van der Waals surface area contributed by atoms with Crippen LogP contribution in [0, 0.1) is 13.8 Å². The Hall–Kier alpha value is -3.95. The van der Waals surface area contributed by atoms with Crippen molar-refractivity contribution < 1.29 is 33.9 Å². The highest BCUT2D eigenvalue weighted by Crippen LogP contribution is 2.57. The number of benzene rings is 1. The molecule has 0 radical (unpaired) electrons. The molecule has 2 heterocycles. The Morgan fingerprint density at radius 3 is 2.48 bits per heavy atom. The van der Waals surface area contributed by atoms with Gasteiger partial charge in [0, 0.05) is 30.3 Å². The Bertz CT molecular complexity index is 1300. The minimum Gasteiger partial charge on any atom is -0.507 e. The van der Waals surface area contributed by atoms with Crippen LogP contribution >= 0.6 is 0 Å². The van der Waals surface area contributed by atoms with Crippen LogP contribution in [0.15, 0.2) is 27.6 Å². The minimum atomic E-state index is -1.54. The van der Waals surface area contributed by atoms with Crippen molar-refractivity contribution in [3.8, 4) is 17.2 Å². The van der Waals surface area contributed by atoms with Crippen LogP contribution in [0.1, 0.15) is 54.0 Å². The third kappa shape index (κ3) is 3.21. The van der Waals surface area contributed by atoms with E-state index in [1.54, 1.807) is 13.8 Å². The molecule has 33 heavy (non-hydrogen) atoms. The fourth-order valence-electron chi connectivity index (χ4n) is 4.25. The molecule has 0 amide bonds. The van der Waals surface area contributed by atoms with Gasteiger partial charge in [-0.15, -0.1) is 0 Å². The van der Waals surface area contributed by atoms with E-state index >= 15 is 0 Å². The summed E-state index contributed by atoms with van der Waals surface area (Å²) in [7, 11) is 0. The molecule has 1 aromatic heterocycles. The van der Waals surface area contributed by atoms with Gasteiger partial charge in [-0.2, -0.15) is 4.98 Å². The first-order valence-corrected chi connectivity index (χ1v) is 10.3. The quantitative estimate of drug-likeness (QED) is 0.348. The van der Waals surface area contributed by atoms with E-state index in [1.165, 1.54) is 26.8 Å². The summed E-state index contributed by atoms with van der Waals surface area (Å²) in [6.45, 7) is 7.84. The van der Waals surface area contributed by atoms with E-state index < -0.39 is 28.5 Å². The van der Waals surface area contributed by atoms with Crippen LogP contribution in [0.25, 0.3) is 0 Å². The molecule has 10 heteroatoms. The summed E-state index contributed by atoms with van der Waals surface area (Å²) in [5.74, 6) is -1.63. The Kier molecular flexibility index (Phi) is 5.11. The number of aromatic nitrogens is 2. The first-order valence-electron chi connectivity index (χ1n) is 10.3. The van der Waals surface area contributed by atoms with Crippen molar-refractivity contribution in [3.63, 3.8) is 0 Å². The fraction of sp³-hybridized carbons (Fsp3) is 0.348. The lowest BCUT2D eigenvalue weighted by Gasteiger charge is -2.29. The van der Waals surface area contributed by atoms with E-state index in [9.17, 15) is 24.6 Å². The van der Waals surface area contributed by atoms with E-state index in [4.69, 9.17) is 9.26 Å². The van der Waals surface area contributed by atoms with E-state index in [1.807, 2.05) is 0 Å². The van der Waals surface area contributed by atoms with Gasteiger partial charge in [-0.1, -0.05) is 5.16 Å². The summed E-state index contributed by atoms with van der Waals surface area (Å²) in [5.41, 5.74) is -1.34. The van der Waals surface area contributed by atoms with E-state index in [0.29, 0.717) is 30.4 Å². The maximum absolute atomic E-state index is 13.7. The third-order valence-electron chi connectivity index (χ3n) is 6.06. The molecule has 0 saturated heterocycles. The van der Waals surface area contributed by atoms with Crippen LogP contribution < -0.4 is 10.1 Å². The molecular weight excluding hydrogens is 430 g/mol. The molecule has 1 aliphatic carbocycles. The predicted molar refractivity (Wildman–Crippen MR) is 114 cm³/mol. The SMILES string of the molecule is CC(=O)c1c(O)c(C)c(O)c2c1OC1=CC(=O)/C(=C(/C)NCCc3nc(C)no3)C(=O)[C@@]12C. The Morgan fingerprint density at radius 1 is 1.18 bits per heavy atom. The van der Waals surface area contributed by atoms with Gasteiger partial charge in [-0.25, -0.2) is 0 Å². The van der Waals surface area contributed by atoms with Crippen molar-refractivity contribution in [1.82, 2.24) is 15.5 Å². The Balaban J connectivity index is 1.76. The largest absolute Gasteiger partial charge is 0.507 e. The second-order valence-corrected chi connectivity index (χ2v) is 8.30. The van der Waals surface area contributed by atoms with Crippen molar-refractivity contribution in [2.75, 3.05) is 6.54 Å². The van der Waals surface area contributed by atoms with Crippen molar-refractivity contribution in [1.29, 1.82) is 0 Å². The Labute approximate surface area is 188 Å². The number of allylic oxidation sites excluding steroid dienone is 4. The number of aromatic hydroxyl groups is 2. The number of rotatable bonds is 5. The van der Waals surface area contributed by atoms with Gasteiger partial charge in [0.05, 0.1) is 11.1 Å². The van der Waals surface area contributed by atoms with E-state index in [2.05, 4.69) is 15.5 Å². The second kappa shape index (κ2) is 7.58. The number of fused-ring (bicyclic) bond motifs is 3. The summed E-state index contributed by atoms with van der Waals surface area (Å²) in [6, 6.07) is 0. The highest BCUT2D eigenvalue weighted by atomic mass is 16.5. The van der Waals surface area contributed by atoms with Crippen LogP contribution in [0.2, 0.25) is 0 Å². The van der Waals surface area contributed by atoms with Crippen LogP contribution in [-0.2, 0) is 21.4 Å². The van der Waals surface area contributed by atoms with Gasteiger partial charge in [0.2, 0.25) is 5.89 Å². The molecule has 0 unspecified atom stereocenters. The number of phenols is 2. The zero-order chi connectivity index (χ0) is 24.2. The number of phenolic OH excluding ortho intramolecular Hbond substituents is 2. The molecule has 1 atom stereocenters. The molecule has 4 rings (SSSR count). The van der Waals surface area contributed by atoms with Gasteiger partial charge in [-0.3, -0.25) is 14.4 Å². The lowest BCUT2D eigenvalue weighted by molar-refractivity contribution is -0.123. The van der Waals surface area contributed by atoms with Crippen molar-refractivity contribution >= 4 is 17.3 Å². The molecule has 3 N–H and O–H groups in total. The third-order valence-corrected chi connectivity index (χ3v) is 6.06. The molecule has 2 aromatic rings. The maximum Gasteiger partial charge on any atom is 0.228 e. The monoisotopic (exact) mass is 453 g/mol. The average molecular weight is 453 g/mol. The molecule has 0 bridgehead atoms. The molecule has 0 fully saturated rings. The number of ketones is 3. The summed E-state index contributed by atoms with van der Waals surface area (Å²) >= 11 is 0. The van der Waals surface area contributed by atoms with E-state index in [-0.39, 0.29) is 39.5 Å². The van der Waals surface area contributed by atoms with Crippen molar-refractivity contribution in [3.05, 3.63) is 51.5 Å². The first-order chi connectivity index (χ1) is 15.5. The first kappa shape index (κ1) is 22.3. The molecule has 2 aliphatic rings. The number of hydrogen-bond acceptors (Lipinski definition) is 10. The highest BCUT2D eigenvalue weighted by molar-refractivity contribution is 6.31. The van der Waals surface area contributed by atoms with Gasteiger partial charge in [-0.05, 0) is 34.6 Å². The highest BCUT2D eigenvalue weighted by Gasteiger charge is 2.56. The number of hydrogen-bond donors (Lipinski definition) is 3. The predicted octanol–water partition coefficient (Wildman–Crippen LogP) is 2.09. The number of aryl methyl sites for hydroxylation is 1. The summed E-state index contributed by atoms with van der Waals surface area (Å²) in [5, 5.41) is 28.0. The lowest BCUT2D eigenvalue weighted by atomic mass is 9.70. The van der Waals surface area contributed by atoms with Crippen LogP contribution in [0.3, 0.4) is 0 Å². The molecule has 172 valence electrons. The van der Waals surface area contributed by atoms with Gasteiger partial charge in [0.25, 0.3) is 0 Å². The summed E-state index contributed by atoms with van der Waals surface area (Å²) in [4.78, 5) is 42.9. The number of nitrogens with zero attached hydrogens (tertiary/aromatic N) is 2. The zero-order valence-electron chi connectivity index (χ0n) is 18.8. The smallest absolute Gasteiger partial charge is 0.228 e. The number of ether oxygens (including phenoxy) is 1. The van der Waals surface area contributed by atoms with Crippen LogP contribution in [0.5, 0.6) is 17.2 Å². The zero-order valence-corrected chi connectivity index (χ0v) is 18.8. The molecule has 0 saturated carbocycles. The normalized spacial score (nSPS) is 20.7. The second-order valence-electron chi connectivity index (χ2n) is 8.30. The Morgan fingerprint density at radius 2 is 1.88 bits per heavy atom. The van der Waals surface area contributed by atoms with E-state index in [0.717, 1.165) is 0 Å². The number of Topliss-reactive ketones (excluding diaryl/α,β-unsaturated/α-hetero) is 2. The molecule has 10 nitrogen and oxygen atoms in total. The van der Waals surface area contributed by atoms with Gasteiger partial charge in [0.1, 0.15) is 34.0 Å². The van der Waals surface area contributed by atoms with Gasteiger partial charge < -0.3 is 24.8 Å². The topological polar surface area (TPSA) is 152 Å². The molecular formula is C23H23N3O7. The lowest BCUT2D eigenvalue weighted by Crippen LogP contribution is -2.41. The summed E-state index contributed by atoms with van der Waals surface area (Å²) in [6.07, 6.45) is 1.57. The van der Waals surface area contributed by atoms with Crippen LogP contribution in [0.4, 0.5) is 0 Å². The molecule has 0 spiro atoms. The van der Waals surface area contributed by atoms with Crippen molar-refractivity contribution in [2.24, 2.45) is 0 Å². The average Bonchev–Trinajstić information content (AvgIpc) is 3.27. The standard InChI is InChI=1S/C23H23N3O7/c1-9-19(29)17(11(3)27)21-18(20(9)30)23(5)14(32-21)8-13(28)16(22(23)31)10(2)24-7-6-15-25-12(4)26-33-15/h8,24,29-30H,6-7H2,1-5H3/b16-10+/t23-/m0/s1. The van der Waals surface area contributed by atoms with Crippen molar-refractivity contribution in [2.45, 2.75) is 46.5 Å². The fourth-order valence-corrected chi connectivity index (χ4v) is 4.25.